The fourth-order valence-corrected chi connectivity index (χ4v) is 3.73. The minimum atomic E-state index is -0.0975. The molecule has 0 saturated carbocycles. The summed E-state index contributed by atoms with van der Waals surface area (Å²) >= 11 is 0. The SMILES string of the molecule is Cc1cc(C)n(-c2ccc(=O)n(CC3CN(c4nccn5nccc45)C3)n2)n1. The van der Waals surface area contributed by atoms with Crippen LogP contribution in [0.15, 0.2) is 47.7 Å². The molecule has 4 aromatic rings. The Morgan fingerprint density at radius 1 is 1.11 bits per heavy atom. The Morgan fingerprint density at radius 3 is 2.75 bits per heavy atom. The second-order valence-corrected chi connectivity index (χ2v) is 7.23. The summed E-state index contributed by atoms with van der Waals surface area (Å²) in [6.45, 7) is 6.15. The van der Waals surface area contributed by atoms with Gasteiger partial charge in [0.1, 0.15) is 5.52 Å². The molecule has 4 aromatic heterocycles. The van der Waals surface area contributed by atoms with E-state index in [1.54, 1.807) is 33.9 Å². The molecule has 28 heavy (non-hydrogen) atoms. The molecule has 0 radical (unpaired) electrons. The van der Waals surface area contributed by atoms with Crippen molar-refractivity contribution in [2.45, 2.75) is 20.4 Å². The van der Waals surface area contributed by atoms with Crippen molar-refractivity contribution in [1.82, 2.24) is 34.2 Å². The van der Waals surface area contributed by atoms with Crippen molar-refractivity contribution in [1.29, 1.82) is 0 Å². The number of hydrogen-bond acceptors (Lipinski definition) is 6. The van der Waals surface area contributed by atoms with E-state index < -0.39 is 0 Å². The molecule has 5 rings (SSSR count). The third-order valence-electron chi connectivity index (χ3n) is 5.07. The van der Waals surface area contributed by atoms with Gasteiger partial charge in [-0.2, -0.15) is 10.2 Å². The van der Waals surface area contributed by atoms with Crippen molar-refractivity contribution >= 4 is 11.3 Å². The second-order valence-electron chi connectivity index (χ2n) is 7.23. The maximum absolute atomic E-state index is 12.3. The predicted octanol–water partition coefficient (Wildman–Crippen LogP) is 1.22. The first-order valence-corrected chi connectivity index (χ1v) is 9.23. The lowest BCUT2D eigenvalue weighted by Gasteiger charge is -2.40. The Kier molecular flexibility index (Phi) is 3.75. The van der Waals surface area contributed by atoms with Crippen LogP contribution in [0.3, 0.4) is 0 Å². The maximum atomic E-state index is 12.3. The molecule has 0 unspecified atom stereocenters. The van der Waals surface area contributed by atoms with Crippen molar-refractivity contribution < 1.29 is 0 Å². The minimum Gasteiger partial charge on any atom is -0.354 e. The average molecular weight is 376 g/mol. The van der Waals surface area contributed by atoms with Crippen LogP contribution in [0.25, 0.3) is 11.3 Å². The highest BCUT2D eigenvalue weighted by molar-refractivity contribution is 5.69. The molecule has 0 spiro atoms. The summed E-state index contributed by atoms with van der Waals surface area (Å²) in [5, 5.41) is 13.2. The Hall–Kier alpha value is -3.49. The molecule has 1 saturated heterocycles. The molecule has 0 aliphatic carbocycles. The highest BCUT2D eigenvalue weighted by Gasteiger charge is 2.30. The largest absolute Gasteiger partial charge is 0.354 e. The maximum Gasteiger partial charge on any atom is 0.266 e. The van der Waals surface area contributed by atoms with E-state index in [9.17, 15) is 4.79 Å². The zero-order valence-corrected chi connectivity index (χ0v) is 15.7. The van der Waals surface area contributed by atoms with Crippen molar-refractivity contribution in [2.75, 3.05) is 18.0 Å². The van der Waals surface area contributed by atoms with E-state index in [0.29, 0.717) is 18.3 Å². The summed E-state index contributed by atoms with van der Waals surface area (Å²) in [5.74, 6) is 1.92. The molecule has 0 aromatic carbocycles. The Labute approximate surface area is 160 Å². The van der Waals surface area contributed by atoms with Crippen molar-refractivity contribution in [2.24, 2.45) is 5.92 Å². The first kappa shape index (κ1) is 16.7. The van der Waals surface area contributed by atoms with Gasteiger partial charge < -0.3 is 4.90 Å². The van der Waals surface area contributed by atoms with Crippen LogP contribution in [0, 0.1) is 19.8 Å². The lowest BCUT2D eigenvalue weighted by atomic mass is 10.0. The Bertz CT molecular complexity index is 1210. The van der Waals surface area contributed by atoms with Gasteiger partial charge in [0.25, 0.3) is 5.56 Å². The molecule has 9 nitrogen and oxygen atoms in total. The number of rotatable bonds is 4. The molecule has 5 heterocycles. The third kappa shape index (κ3) is 2.75. The van der Waals surface area contributed by atoms with Gasteiger partial charge in [0.15, 0.2) is 11.6 Å². The number of anilines is 1. The smallest absolute Gasteiger partial charge is 0.266 e. The lowest BCUT2D eigenvalue weighted by Crippen LogP contribution is -2.50. The summed E-state index contributed by atoms with van der Waals surface area (Å²) < 4.78 is 5.13. The van der Waals surface area contributed by atoms with Crippen LogP contribution >= 0.6 is 0 Å². The highest BCUT2D eigenvalue weighted by atomic mass is 16.1. The van der Waals surface area contributed by atoms with Gasteiger partial charge in [-0.3, -0.25) is 4.79 Å². The standard InChI is InChI=1S/C19H20N8O/c1-13-9-14(2)27(22-13)17-3-4-18(28)26(23-17)12-15-10-24(11-15)19-16-5-6-21-25(16)8-7-20-19/h3-9,15H,10-12H2,1-2H3. The third-order valence-corrected chi connectivity index (χ3v) is 5.07. The molecular formula is C19H20N8O. The predicted molar refractivity (Wildman–Crippen MR) is 104 cm³/mol. The number of fused-ring (bicyclic) bond motifs is 1. The fourth-order valence-electron chi connectivity index (χ4n) is 3.73. The first-order valence-electron chi connectivity index (χ1n) is 9.23. The first-order chi connectivity index (χ1) is 13.6. The van der Waals surface area contributed by atoms with E-state index >= 15 is 0 Å². The summed E-state index contributed by atoms with van der Waals surface area (Å²) in [6.07, 6.45) is 5.36. The van der Waals surface area contributed by atoms with E-state index in [1.807, 2.05) is 36.7 Å². The Balaban J connectivity index is 1.34. The summed E-state index contributed by atoms with van der Waals surface area (Å²) in [4.78, 5) is 19.0. The van der Waals surface area contributed by atoms with Gasteiger partial charge in [-0.25, -0.2) is 18.9 Å². The van der Waals surface area contributed by atoms with E-state index in [1.165, 1.54) is 0 Å². The quantitative estimate of drug-likeness (QED) is 0.532. The van der Waals surface area contributed by atoms with Gasteiger partial charge in [0.2, 0.25) is 0 Å². The van der Waals surface area contributed by atoms with Crippen LogP contribution in [0.4, 0.5) is 5.82 Å². The van der Waals surface area contributed by atoms with Gasteiger partial charge in [0.05, 0.1) is 18.4 Å². The summed E-state index contributed by atoms with van der Waals surface area (Å²) in [7, 11) is 0. The molecule has 0 N–H and O–H groups in total. The van der Waals surface area contributed by atoms with Gasteiger partial charge in [0, 0.05) is 43.2 Å². The van der Waals surface area contributed by atoms with E-state index in [4.69, 9.17) is 0 Å². The lowest BCUT2D eigenvalue weighted by molar-refractivity contribution is 0.332. The van der Waals surface area contributed by atoms with Crippen LogP contribution in [0.5, 0.6) is 0 Å². The average Bonchev–Trinajstić information content (AvgIpc) is 3.25. The number of hydrogen-bond donors (Lipinski definition) is 0. The fraction of sp³-hybridized carbons (Fsp3) is 0.316. The molecule has 0 atom stereocenters. The molecule has 9 heteroatoms. The Morgan fingerprint density at radius 2 is 1.96 bits per heavy atom. The van der Waals surface area contributed by atoms with Crippen LogP contribution < -0.4 is 10.5 Å². The van der Waals surface area contributed by atoms with E-state index in [2.05, 4.69) is 25.2 Å². The number of nitrogens with zero attached hydrogens (tertiary/aromatic N) is 8. The van der Waals surface area contributed by atoms with Crippen molar-refractivity contribution in [3.63, 3.8) is 0 Å². The van der Waals surface area contributed by atoms with Crippen LogP contribution in [0.2, 0.25) is 0 Å². The van der Waals surface area contributed by atoms with Crippen LogP contribution in [0.1, 0.15) is 11.4 Å². The number of aryl methyl sites for hydroxylation is 2. The van der Waals surface area contributed by atoms with Gasteiger partial charge in [-0.15, -0.1) is 5.10 Å². The van der Waals surface area contributed by atoms with Gasteiger partial charge in [-0.1, -0.05) is 0 Å². The highest BCUT2D eigenvalue weighted by Crippen LogP contribution is 2.26. The molecule has 1 aliphatic rings. The molecular weight excluding hydrogens is 356 g/mol. The summed E-state index contributed by atoms with van der Waals surface area (Å²) in [5.41, 5.74) is 2.81. The topological polar surface area (TPSA) is 86.1 Å². The molecule has 1 aliphatic heterocycles. The molecule has 0 amide bonds. The molecule has 1 fully saturated rings. The van der Waals surface area contributed by atoms with E-state index in [-0.39, 0.29) is 5.56 Å². The van der Waals surface area contributed by atoms with Crippen LogP contribution in [-0.4, -0.2) is 47.2 Å². The number of aromatic nitrogens is 7. The van der Waals surface area contributed by atoms with Crippen molar-refractivity contribution in [3.8, 4) is 5.82 Å². The minimum absolute atomic E-state index is 0.0975. The second kappa shape index (κ2) is 6.29. The van der Waals surface area contributed by atoms with Crippen molar-refractivity contribution in [3.05, 3.63) is 64.6 Å². The summed E-state index contributed by atoms with van der Waals surface area (Å²) in [6, 6.07) is 7.23. The zero-order valence-electron chi connectivity index (χ0n) is 15.7. The molecule has 142 valence electrons. The van der Waals surface area contributed by atoms with Gasteiger partial charge in [-0.05, 0) is 32.0 Å². The van der Waals surface area contributed by atoms with Gasteiger partial charge >= 0.3 is 0 Å². The molecule has 0 bridgehead atoms. The zero-order chi connectivity index (χ0) is 19.3. The normalized spacial score (nSPS) is 14.6. The van der Waals surface area contributed by atoms with E-state index in [0.717, 1.165) is 35.8 Å². The monoisotopic (exact) mass is 376 g/mol. The van der Waals surface area contributed by atoms with Crippen LogP contribution in [-0.2, 0) is 6.54 Å².